The summed E-state index contributed by atoms with van der Waals surface area (Å²) < 4.78 is 46.5. The largest absolute Gasteiger partial charge is 0.478 e. The van der Waals surface area contributed by atoms with Crippen molar-refractivity contribution in [3.8, 4) is 0 Å². The van der Waals surface area contributed by atoms with Crippen LogP contribution in [0.1, 0.15) is 32.9 Å². The molecule has 10 heteroatoms. The van der Waals surface area contributed by atoms with E-state index in [0.717, 1.165) is 17.3 Å². The SMILES string of the molecule is Cc1ccc(F)cc1S(=O)(=O)Nc1ccc(N(C)CCc2c(C)noc2C)c(C(=O)O)c1. The van der Waals surface area contributed by atoms with Crippen LogP contribution in [0.3, 0.4) is 0 Å². The number of carbonyl (C=O) groups is 1. The normalized spacial score (nSPS) is 11.4. The number of nitrogens with zero attached hydrogens (tertiary/aromatic N) is 2. The molecule has 0 atom stereocenters. The van der Waals surface area contributed by atoms with Crippen molar-refractivity contribution in [2.24, 2.45) is 0 Å². The number of rotatable bonds is 8. The molecule has 0 saturated heterocycles. The maximum atomic E-state index is 13.6. The van der Waals surface area contributed by atoms with E-state index in [9.17, 15) is 22.7 Å². The third kappa shape index (κ3) is 4.91. The Bertz CT molecular complexity index is 1250. The van der Waals surface area contributed by atoms with E-state index < -0.39 is 21.8 Å². The van der Waals surface area contributed by atoms with Gasteiger partial charge in [0.1, 0.15) is 11.6 Å². The van der Waals surface area contributed by atoms with Gasteiger partial charge in [-0.2, -0.15) is 0 Å². The molecule has 1 aromatic heterocycles. The second-order valence-corrected chi connectivity index (χ2v) is 9.18. The number of benzene rings is 2. The summed E-state index contributed by atoms with van der Waals surface area (Å²) in [7, 11) is -2.36. The third-order valence-corrected chi connectivity index (χ3v) is 6.73. The number of hydrogen-bond acceptors (Lipinski definition) is 6. The molecule has 2 N–H and O–H groups in total. The van der Waals surface area contributed by atoms with Gasteiger partial charge in [0.15, 0.2) is 0 Å². The molecule has 8 nitrogen and oxygen atoms in total. The van der Waals surface area contributed by atoms with E-state index in [-0.39, 0.29) is 16.1 Å². The molecule has 1 heterocycles. The number of carboxylic acid groups (broad SMARTS) is 1. The van der Waals surface area contributed by atoms with Gasteiger partial charge in [0.05, 0.1) is 21.8 Å². The van der Waals surface area contributed by atoms with Gasteiger partial charge >= 0.3 is 5.97 Å². The first-order valence-corrected chi connectivity index (χ1v) is 11.3. The smallest absolute Gasteiger partial charge is 0.337 e. The fraction of sp³-hybridized carbons (Fsp3) is 0.273. The maximum absolute atomic E-state index is 13.6. The fourth-order valence-corrected chi connectivity index (χ4v) is 4.74. The van der Waals surface area contributed by atoms with Crippen LogP contribution >= 0.6 is 0 Å². The van der Waals surface area contributed by atoms with Gasteiger partial charge in [0, 0.05) is 24.8 Å². The van der Waals surface area contributed by atoms with E-state index >= 15 is 0 Å². The minimum absolute atomic E-state index is 0.0638. The Labute approximate surface area is 185 Å². The molecule has 0 amide bonds. The van der Waals surface area contributed by atoms with E-state index in [4.69, 9.17) is 4.52 Å². The molecule has 3 rings (SSSR count). The van der Waals surface area contributed by atoms with Crippen LogP contribution in [-0.4, -0.2) is 38.2 Å². The Morgan fingerprint density at radius 1 is 1.19 bits per heavy atom. The molecule has 0 aliphatic carbocycles. The number of carboxylic acids is 1. The Balaban J connectivity index is 1.85. The molecule has 0 aliphatic heterocycles. The second kappa shape index (κ2) is 8.99. The highest BCUT2D eigenvalue weighted by Gasteiger charge is 2.21. The van der Waals surface area contributed by atoms with Gasteiger partial charge in [-0.3, -0.25) is 4.72 Å². The van der Waals surface area contributed by atoms with Crippen molar-refractivity contribution in [2.75, 3.05) is 23.2 Å². The number of halogens is 1. The number of likely N-dealkylation sites (N-methyl/N-ethyl adjacent to an activating group) is 1. The highest BCUT2D eigenvalue weighted by atomic mass is 32.2. The monoisotopic (exact) mass is 461 g/mol. The van der Waals surface area contributed by atoms with Crippen molar-refractivity contribution in [1.82, 2.24) is 5.16 Å². The van der Waals surface area contributed by atoms with Gasteiger partial charge < -0.3 is 14.5 Å². The van der Waals surface area contributed by atoms with Crippen molar-refractivity contribution in [2.45, 2.75) is 32.1 Å². The van der Waals surface area contributed by atoms with Crippen molar-refractivity contribution in [1.29, 1.82) is 0 Å². The molecule has 0 fully saturated rings. The lowest BCUT2D eigenvalue weighted by atomic mass is 10.1. The first-order valence-electron chi connectivity index (χ1n) is 9.79. The molecule has 0 aliphatic rings. The topological polar surface area (TPSA) is 113 Å². The van der Waals surface area contributed by atoms with E-state index in [0.29, 0.717) is 30.0 Å². The summed E-state index contributed by atoms with van der Waals surface area (Å²) in [6, 6.07) is 7.71. The van der Waals surface area contributed by atoms with Gasteiger partial charge in [-0.1, -0.05) is 11.2 Å². The molecule has 0 spiro atoms. The molecule has 0 radical (unpaired) electrons. The second-order valence-electron chi connectivity index (χ2n) is 7.53. The molecule has 0 bridgehead atoms. The Kier molecular flexibility index (Phi) is 6.54. The molecule has 2 aromatic carbocycles. The summed E-state index contributed by atoms with van der Waals surface area (Å²) in [6.45, 7) is 5.71. The van der Waals surface area contributed by atoms with Crippen LogP contribution in [-0.2, 0) is 16.4 Å². The van der Waals surface area contributed by atoms with Gasteiger partial charge in [-0.25, -0.2) is 17.6 Å². The molecule has 32 heavy (non-hydrogen) atoms. The van der Waals surface area contributed by atoms with Gasteiger partial charge in [-0.15, -0.1) is 0 Å². The molecule has 0 saturated carbocycles. The van der Waals surface area contributed by atoms with Crippen LogP contribution < -0.4 is 9.62 Å². The summed E-state index contributed by atoms with van der Waals surface area (Å²) in [5, 5.41) is 13.6. The number of hydrogen-bond donors (Lipinski definition) is 2. The van der Waals surface area contributed by atoms with E-state index in [2.05, 4.69) is 9.88 Å². The number of aryl methyl sites for hydroxylation is 3. The van der Waals surface area contributed by atoms with Crippen LogP contribution in [0.15, 0.2) is 45.8 Å². The molecule has 3 aromatic rings. The van der Waals surface area contributed by atoms with Gasteiger partial charge in [0.2, 0.25) is 0 Å². The Hall–Kier alpha value is -3.40. The quantitative estimate of drug-likeness (QED) is 0.523. The first kappa shape index (κ1) is 23.3. The highest BCUT2D eigenvalue weighted by molar-refractivity contribution is 7.92. The van der Waals surface area contributed by atoms with Crippen molar-refractivity contribution < 1.29 is 27.2 Å². The van der Waals surface area contributed by atoms with Crippen LogP contribution in [0.4, 0.5) is 15.8 Å². The van der Waals surface area contributed by atoms with Crippen molar-refractivity contribution in [3.05, 3.63) is 70.4 Å². The zero-order valence-electron chi connectivity index (χ0n) is 18.1. The lowest BCUT2D eigenvalue weighted by Gasteiger charge is -2.22. The maximum Gasteiger partial charge on any atom is 0.337 e. The lowest BCUT2D eigenvalue weighted by molar-refractivity contribution is 0.0697. The third-order valence-electron chi connectivity index (χ3n) is 5.21. The number of nitrogens with one attached hydrogen (secondary N) is 1. The van der Waals surface area contributed by atoms with E-state index in [1.807, 2.05) is 13.8 Å². The molecule has 170 valence electrons. The number of aromatic carboxylic acids is 1. The van der Waals surface area contributed by atoms with E-state index in [1.54, 1.807) is 18.9 Å². The standard InChI is InChI=1S/C22H24FN3O5S/c1-13-5-6-16(23)11-21(13)32(29,30)25-17-7-8-20(19(12-17)22(27)28)26(4)10-9-18-14(2)24-31-15(18)3/h5-8,11-12,25H,9-10H2,1-4H3,(H,27,28). The molecule has 0 unspecified atom stereocenters. The zero-order valence-corrected chi connectivity index (χ0v) is 19.0. The summed E-state index contributed by atoms with van der Waals surface area (Å²) in [4.78, 5) is 13.4. The summed E-state index contributed by atoms with van der Waals surface area (Å²) >= 11 is 0. The van der Waals surface area contributed by atoms with Crippen molar-refractivity contribution >= 4 is 27.4 Å². The number of anilines is 2. The molecular weight excluding hydrogens is 437 g/mol. The Morgan fingerprint density at radius 2 is 1.91 bits per heavy atom. The van der Waals surface area contributed by atoms with E-state index in [1.165, 1.54) is 30.3 Å². The average molecular weight is 462 g/mol. The van der Waals surface area contributed by atoms with Crippen LogP contribution in [0.2, 0.25) is 0 Å². The van der Waals surface area contributed by atoms with Crippen LogP contribution in [0.5, 0.6) is 0 Å². The summed E-state index contributed by atoms with van der Waals surface area (Å²) in [5.41, 5.74) is 2.54. The predicted octanol–water partition coefficient (Wildman–Crippen LogP) is 3.92. The zero-order chi connectivity index (χ0) is 23.6. The van der Waals surface area contributed by atoms with Crippen LogP contribution in [0, 0.1) is 26.6 Å². The first-order chi connectivity index (χ1) is 15.0. The highest BCUT2D eigenvalue weighted by Crippen LogP contribution is 2.27. The van der Waals surface area contributed by atoms with Gasteiger partial charge in [-0.05, 0) is 63.1 Å². The lowest BCUT2D eigenvalue weighted by Crippen LogP contribution is -2.23. The average Bonchev–Trinajstić information content (AvgIpc) is 3.05. The predicted molar refractivity (Wildman–Crippen MR) is 118 cm³/mol. The van der Waals surface area contributed by atoms with Crippen molar-refractivity contribution in [3.63, 3.8) is 0 Å². The minimum atomic E-state index is -4.11. The summed E-state index contributed by atoms with van der Waals surface area (Å²) in [5.74, 6) is -1.17. The van der Waals surface area contributed by atoms with Gasteiger partial charge in [0.25, 0.3) is 10.0 Å². The Morgan fingerprint density at radius 3 is 2.53 bits per heavy atom. The molecular formula is C22H24FN3O5S. The number of sulfonamides is 1. The minimum Gasteiger partial charge on any atom is -0.478 e. The van der Waals surface area contributed by atoms with Crippen LogP contribution in [0.25, 0.3) is 0 Å². The summed E-state index contributed by atoms with van der Waals surface area (Å²) in [6.07, 6.45) is 0.601. The fourth-order valence-electron chi connectivity index (χ4n) is 3.44. The number of aromatic nitrogens is 1.